The lowest BCUT2D eigenvalue weighted by atomic mass is 10.1. The van der Waals surface area contributed by atoms with Crippen LogP contribution >= 0.6 is 12.2 Å². The lowest BCUT2D eigenvalue weighted by Crippen LogP contribution is -2.20. The van der Waals surface area contributed by atoms with E-state index in [0.29, 0.717) is 0 Å². The standard InChI is InChI=1S/C10H13NS.C2H6/c1-9(12)11-8-7-10-5-3-2-4-6-10;1-2/h2-6H,7-8H2,1H3,(H,11,12);1-2H3. The molecule has 0 bridgehead atoms. The highest BCUT2D eigenvalue weighted by atomic mass is 32.1. The van der Waals surface area contributed by atoms with Crippen LogP contribution in [0.15, 0.2) is 30.3 Å². The molecule has 0 atom stereocenters. The molecule has 0 fully saturated rings. The van der Waals surface area contributed by atoms with Gasteiger partial charge in [-0.15, -0.1) is 0 Å². The summed E-state index contributed by atoms with van der Waals surface area (Å²) in [7, 11) is 0. The molecular weight excluding hydrogens is 190 g/mol. The maximum Gasteiger partial charge on any atom is 0.0722 e. The molecule has 0 saturated carbocycles. The lowest BCUT2D eigenvalue weighted by molar-refractivity contribution is 0.872. The first-order valence-electron chi connectivity index (χ1n) is 5.07. The smallest absolute Gasteiger partial charge is 0.0722 e. The number of rotatable bonds is 3. The highest BCUT2D eigenvalue weighted by molar-refractivity contribution is 7.80. The maximum absolute atomic E-state index is 4.90. The molecule has 0 aromatic heterocycles. The zero-order valence-corrected chi connectivity index (χ0v) is 10.0. The van der Waals surface area contributed by atoms with Crippen molar-refractivity contribution in [1.82, 2.24) is 5.32 Å². The molecule has 1 rings (SSSR count). The van der Waals surface area contributed by atoms with Gasteiger partial charge in [-0.05, 0) is 18.9 Å². The lowest BCUT2D eigenvalue weighted by Gasteiger charge is -2.02. The van der Waals surface area contributed by atoms with E-state index in [1.807, 2.05) is 26.8 Å². The number of hydrogen-bond acceptors (Lipinski definition) is 1. The third kappa shape index (κ3) is 6.61. The SMILES string of the molecule is CC.CC(=S)NCCc1ccccc1. The van der Waals surface area contributed by atoms with Crippen molar-refractivity contribution in [2.24, 2.45) is 0 Å². The van der Waals surface area contributed by atoms with Crippen molar-refractivity contribution in [3.8, 4) is 0 Å². The van der Waals surface area contributed by atoms with Crippen LogP contribution in [0.5, 0.6) is 0 Å². The molecule has 0 amide bonds. The van der Waals surface area contributed by atoms with E-state index in [9.17, 15) is 0 Å². The monoisotopic (exact) mass is 209 g/mol. The molecule has 1 aromatic rings. The van der Waals surface area contributed by atoms with E-state index in [1.54, 1.807) is 0 Å². The van der Waals surface area contributed by atoms with Crippen molar-refractivity contribution in [1.29, 1.82) is 0 Å². The Morgan fingerprint density at radius 3 is 2.29 bits per heavy atom. The van der Waals surface area contributed by atoms with Gasteiger partial charge in [0.2, 0.25) is 0 Å². The molecule has 1 N–H and O–H groups in total. The summed E-state index contributed by atoms with van der Waals surface area (Å²) in [6.07, 6.45) is 1.04. The summed E-state index contributed by atoms with van der Waals surface area (Å²) in [5.74, 6) is 0. The van der Waals surface area contributed by atoms with Crippen LogP contribution in [0.4, 0.5) is 0 Å². The number of benzene rings is 1. The molecule has 1 aromatic carbocycles. The van der Waals surface area contributed by atoms with Gasteiger partial charge >= 0.3 is 0 Å². The van der Waals surface area contributed by atoms with E-state index < -0.39 is 0 Å². The Hall–Kier alpha value is -0.890. The predicted octanol–water partition coefficient (Wildman–Crippen LogP) is 3.19. The van der Waals surface area contributed by atoms with Crippen LogP contribution in [0.1, 0.15) is 26.3 Å². The van der Waals surface area contributed by atoms with Gasteiger partial charge in [-0.3, -0.25) is 0 Å². The minimum Gasteiger partial charge on any atom is -0.380 e. The Labute approximate surface area is 92.5 Å². The van der Waals surface area contributed by atoms with Crippen LogP contribution in [0.3, 0.4) is 0 Å². The zero-order chi connectivity index (χ0) is 10.8. The Bertz CT molecular complexity index is 244. The van der Waals surface area contributed by atoms with E-state index in [1.165, 1.54) is 5.56 Å². The molecule has 1 nitrogen and oxygen atoms in total. The first kappa shape index (κ1) is 13.1. The van der Waals surface area contributed by atoms with Crippen molar-refractivity contribution >= 4 is 17.2 Å². The Balaban J connectivity index is 0.000000791. The molecule has 0 radical (unpaired) electrons. The minimum absolute atomic E-state index is 0.867. The van der Waals surface area contributed by atoms with Gasteiger partial charge in [0.25, 0.3) is 0 Å². The summed E-state index contributed by atoms with van der Waals surface area (Å²) < 4.78 is 0. The minimum atomic E-state index is 0.867. The van der Waals surface area contributed by atoms with Crippen LogP contribution in [-0.2, 0) is 6.42 Å². The fourth-order valence-electron chi connectivity index (χ4n) is 1.03. The summed E-state index contributed by atoms with van der Waals surface area (Å²) in [4.78, 5) is 0.867. The molecule has 0 saturated heterocycles. The van der Waals surface area contributed by atoms with Crippen molar-refractivity contribution < 1.29 is 0 Å². The van der Waals surface area contributed by atoms with Crippen molar-refractivity contribution in [2.45, 2.75) is 27.2 Å². The third-order valence-corrected chi connectivity index (χ3v) is 1.77. The summed E-state index contributed by atoms with van der Waals surface area (Å²) >= 11 is 4.90. The average Bonchev–Trinajstić information content (AvgIpc) is 2.22. The summed E-state index contributed by atoms with van der Waals surface area (Å²) in [5, 5.41) is 3.13. The second kappa shape index (κ2) is 8.70. The Morgan fingerprint density at radius 1 is 1.21 bits per heavy atom. The topological polar surface area (TPSA) is 12.0 Å². The van der Waals surface area contributed by atoms with Crippen LogP contribution in [0, 0.1) is 0 Å². The molecule has 0 spiro atoms. The molecule has 0 aliphatic rings. The van der Waals surface area contributed by atoms with Gasteiger partial charge in [0.05, 0.1) is 4.99 Å². The molecule has 0 aliphatic carbocycles. The average molecular weight is 209 g/mol. The normalized spacial score (nSPS) is 8.50. The second-order valence-electron chi connectivity index (χ2n) is 2.72. The van der Waals surface area contributed by atoms with Gasteiger partial charge in [-0.2, -0.15) is 0 Å². The quantitative estimate of drug-likeness (QED) is 0.767. The van der Waals surface area contributed by atoms with Crippen LogP contribution in [0.2, 0.25) is 0 Å². The molecule has 78 valence electrons. The maximum atomic E-state index is 4.90. The Morgan fingerprint density at radius 2 is 1.79 bits per heavy atom. The number of nitrogens with one attached hydrogen (secondary N) is 1. The number of hydrogen-bond donors (Lipinski definition) is 1. The van der Waals surface area contributed by atoms with E-state index in [0.717, 1.165) is 18.0 Å². The molecular formula is C12H19NS. The van der Waals surface area contributed by atoms with Gasteiger partial charge in [0.1, 0.15) is 0 Å². The van der Waals surface area contributed by atoms with Gasteiger partial charge in [-0.1, -0.05) is 56.4 Å². The van der Waals surface area contributed by atoms with Crippen LogP contribution < -0.4 is 5.32 Å². The van der Waals surface area contributed by atoms with Crippen molar-refractivity contribution in [2.75, 3.05) is 6.54 Å². The van der Waals surface area contributed by atoms with Crippen molar-refractivity contribution in [3.05, 3.63) is 35.9 Å². The van der Waals surface area contributed by atoms with E-state index in [4.69, 9.17) is 12.2 Å². The van der Waals surface area contributed by atoms with E-state index in [-0.39, 0.29) is 0 Å². The van der Waals surface area contributed by atoms with Gasteiger partial charge < -0.3 is 5.32 Å². The molecule has 0 aliphatic heterocycles. The molecule has 0 heterocycles. The first-order valence-corrected chi connectivity index (χ1v) is 5.48. The predicted molar refractivity (Wildman–Crippen MR) is 67.8 cm³/mol. The third-order valence-electron chi connectivity index (χ3n) is 1.63. The molecule has 2 heteroatoms. The van der Waals surface area contributed by atoms with Gasteiger partial charge in [-0.25, -0.2) is 0 Å². The fraction of sp³-hybridized carbons (Fsp3) is 0.417. The first-order chi connectivity index (χ1) is 6.79. The van der Waals surface area contributed by atoms with E-state index >= 15 is 0 Å². The summed E-state index contributed by atoms with van der Waals surface area (Å²) in [6, 6.07) is 10.4. The van der Waals surface area contributed by atoms with Crippen LogP contribution in [0.25, 0.3) is 0 Å². The molecule has 14 heavy (non-hydrogen) atoms. The van der Waals surface area contributed by atoms with Crippen LogP contribution in [-0.4, -0.2) is 11.5 Å². The zero-order valence-electron chi connectivity index (χ0n) is 9.21. The van der Waals surface area contributed by atoms with Gasteiger partial charge in [0, 0.05) is 6.54 Å². The van der Waals surface area contributed by atoms with E-state index in [2.05, 4.69) is 29.6 Å². The van der Waals surface area contributed by atoms with Crippen molar-refractivity contribution in [3.63, 3.8) is 0 Å². The van der Waals surface area contributed by atoms with Gasteiger partial charge in [0.15, 0.2) is 0 Å². The largest absolute Gasteiger partial charge is 0.380 e. The summed E-state index contributed by atoms with van der Waals surface area (Å²) in [5.41, 5.74) is 1.35. The second-order valence-corrected chi connectivity index (χ2v) is 3.33. The highest BCUT2D eigenvalue weighted by Crippen LogP contribution is 1.97. The highest BCUT2D eigenvalue weighted by Gasteiger charge is 1.90. The Kier molecular flexibility index (Phi) is 8.14. The fourth-order valence-corrected chi connectivity index (χ4v) is 1.13. The number of thiocarbonyl (C=S) groups is 1. The summed E-state index contributed by atoms with van der Waals surface area (Å²) in [6.45, 7) is 6.83. The molecule has 0 unspecified atom stereocenters.